The zero-order valence-electron chi connectivity index (χ0n) is 14.7. The molecule has 0 bridgehead atoms. The van der Waals surface area contributed by atoms with Crippen LogP contribution in [0.4, 0.5) is 4.39 Å². The summed E-state index contributed by atoms with van der Waals surface area (Å²) < 4.78 is 20.3. The van der Waals surface area contributed by atoms with E-state index < -0.39 is 5.82 Å². The van der Waals surface area contributed by atoms with Gasteiger partial charge < -0.3 is 4.74 Å². The summed E-state index contributed by atoms with van der Waals surface area (Å²) in [7, 11) is 0. The van der Waals surface area contributed by atoms with Crippen molar-refractivity contribution in [2.75, 3.05) is 0 Å². The van der Waals surface area contributed by atoms with Gasteiger partial charge in [0.05, 0.1) is 23.3 Å². The van der Waals surface area contributed by atoms with E-state index in [1.807, 2.05) is 24.3 Å². The molecule has 0 aliphatic heterocycles. The minimum absolute atomic E-state index is 0.216. The van der Waals surface area contributed by atoms with Gasteiger partial charge in [0.2, 0.25) is 0 Å². The van der Waals surface area contributed by atoms with Crippen molar-refractivity contribution in [1.29, 1.82) is 10.5 Å². The zero-order valence-corrected chi connectivity index (χ0v) is 16.3. The minimum atomic E-state index is -0.405. The molecular weight excluding hydrogens is 419 g/mol. The predicted octanol–water partition coefficient (Wildman–Crippen LogP) is 6.10. The van der Waals surface area contributed by atoms with Gasteiger partial charge in [0.1, 0.15) is 18.2 Å². The van der Waals surface area contributed by atoms with E-state index >= 15 is 0 Å². The Labute approximate surface area is 171 Å². The van der Waals surface area contributed by atoms with Crippen molar-refractivity contribution in [3.8, 4) is 17.9 Å². The largest absolute Gasteiger partial charge is 0.488 e. The predicted molar refractivity (Wildman–Crippen MR) is 110 cm³/mol. The van der Waals surface area contributed by atoms with Crippen molar-refractivity contribution in [3.05, 3.63) is 99.3 Å². The van der Waals surface area contributed by atoms with Crippen LogP contribution in [0.15, 0.2) is 71.2 Å². The van der Waals surface area contributed by atoms with Gasteiger partial charge in [-0.3, -0.25) is 0 Å². The molecule has 0 spiro atoms. The summed E-state index contributed by atoms with van der Waals surface area (Å²) in [6.45, 7) is 0.216. The maximum atomic E-state index is 13.5. The van der Waals surface area contributed by atoms with E-state index in [0.29, 0.717) is 28.0 Å². The first-order chi connectivity index (χ1) is 13.6. The van der Waals surface area contributed by atoms with Crippen molar-refractivity contribution in [2.45, 2.75) is 6.61 Å². The third kappa shape index (κ3) is 4.65. The third-order valence-electron chi connectivity index (χ3n) is 4.05. The van der Waals surface area contributed by atoms with Crippen molar-refractivity contribution in [3.63, 3.8) is 0 Å². The molecule has 136 valence electrons. The van der Waals surface area contributed by atoms with E-state index in [1.165, 1.54) is 12.1 Å². The molecule has 0 saturated carbocycles. The molecule has 0 unspecified atom stereocenters. The van der Waals surface area contributed by atoms with Crippen LogP contribution in [0.2, 0.25) is 0 Å². The van der Waals surface area contributed by atoms with E-state index in [1.54, 1.807) is 36.4 Å². The lowest BCUT2D eigenvalue weighted by Gasteiger charge is -2.11. The lowest BCUT2D eigenvalue weighted by molar-refractivity contribution is 0.305. The lowest BCUT2D eigenvalue weighted by Crippen LogP contribution is -1.99. The molecule has 0 fully saturated rings. The molecule has 3 nitrogen and oxygen atoms in total. The number of halogens is 2. The van der Waals surface area contributed by atoms with Gasteiger partial charge in [-0.05, 0) is 48.0 Å². The summed E-state index contributed by atoms with van der Waals surface area (Å²) in [5, 5.41) is 18.8. The second kappa shape index (κ2) is 8.99. The molecule has 0 aliphatic carbocycles. The minimum Gasteiger partial charge on any atom is -0.488 e. The van der Waals surface area contributed by atoms with Gasteiger partial charge in [-0.1, -0.05) is 46.3 Å². The highest BCUT2D eigenvalue weighted by molar-refractivity contribution is 9.10. The molecule has 0 saturated heterocycles. The van der Waals surface area contributed by atoms with Crippen molar-refractivity contribution >= 4 is 27.6 Å². The quantitative estimate of drug-likeness (QED) is 0.361. The summed E-state index contributed by atoms with van der Waals surface area (Å²) in [5.41, 5.74) is 2.80. The Hall–Kier alpha value is -3.41. The standard InChI is InChI=1S/C23H14BrFN2O/c24-21-8-9-23(28-15-18-5-2-1-4-17(18)13-26)19(11-21)10-20(14-27)16-6-3-7-22(25)12-16/h1-12H,15H2. The third-order valence-corrected chi connectivity index (χ3v) is 4.54. The molecule has 0 amide bonds. The number of nitriles is 2. The first kappa shape index (κ1) is 19.4. The topological polar surface area (TPSA) is 56.8 Å². The number of nitrogens with zero attached hydrogens (tertiary/aromatic N) is 2. The fraction of sp³-hybridized carbons (Fsp3) is 0.0435. The number of benzene rings is 3. The van der Waals surface area contributed by atoms with Crippen LogP contribution in [0.3, 0.4) is 0 Å². The van der Waals surface area contributed by atoms with Gasteiger partial charge in [0.25, 0.3) is 0 Å². The van der Waals surface area contributed by atoms with Crippen LogP contribution >= 0.6 is 15.9 Å². The summed E-state index contributed by atoms with van der Waals surface area (Å²) in [4.78, 5) is 0. The van der Waals surface area contributed by atoms with Crippen LogP contribution in [0.25, 0.3) is 11.6 Å². The highest BCUT2D eigenvalue weighted by Gasteiger charge is 2.09. The molecule has 3 aromatic carbocycles. The molecule has 5 heteroatoms. The summed E-state index contributed by atoms with van der Waals surface area (Å²) in [6, 6.07) is 22.8. The van der Waals surface area contributed by atoms with Gasteiger partial charge in [0.15, 0.2) is 0 Å². The van der Waals surface area contributed by atoms with E-state index in [0.717, 1.165) is 10.0 Å². The highest BCUT2D eigenvalue weighted by Crippen LogP contribution is 2.29. The maximum absolute atomic E-state index is 13.5. The SMILES string of the molecule is N#CC(=Cc1cc(Br)ccc1OCc1ccccc1C#N)c1cccc(F)c1. The lowest BCUT2D eigenvalue weighted by atomic mass is 10.0. The van der Waals surface area contributed by atoms with E-state index in [4.69, 9.17) is 4.74 Å². The Morgan fingerprint density at radius 3 is 2.61 bits per heavy atom. The first-order valence-electron chi connectivity index (χ1n) is 8.39. The Morgan fingerprint density at radius 1 is 1.04 bits per heavy atom. The zero-order chi connectivity index (χ0) is 19.9. The van der Waals surface area contributed by atoms with Gasteiger partial charge in [-0.25, -0.2) is 4.39 Å². The van der Waals surface area contributed by atoms with Crippen LogP contribution in [0.5, 0.6) is 5.75 Å². The van der Waals surface area contributed by atoms with Gasteiger partial charge in [-0.15, -0.1) is 0 Å². The van der Waals surface area contributed by atoms with Crippen molar-refractivity contribution < 1.29 is 9.13 Å². The second-order valence-electron chi connectivity index (χ2n) is 5.92. The Balaban J connectivity index is 1.95. The molecular formula is C23H14BrFN2O. The monoisotopic (exact) mass is 432 g/mol. The molecule has 0 N–H and O–H groups in total. The average Bonchev–Trinajstić information content (AvgIpc) is 2.71. The van der Waals surface area contributed by atoms with E-state index in [2.05, 4.69) is 28.1 Å². The van der Waals surface area contributed by atoms with Crippen LogP contribution in [-0.4, -0.2) is 0 Å². The van der Waals surface area contributed by atoms with Crippen LogP contribution in [-0.2, 0) is 6.61 Å². The fourth-order valence-corrected chi connectivity index (χ4v) is 3.04. The molecule has 3 rings (SSSR count). The van der Waals surface area contributed by atoms with Crippen molar-refractivity contribution in [1.82, 2.24) is 0 Å². The molecule has 0 radical (unpaired) electrons. The number of allylic oxidation sites excluding steroid dienone is 1. The normalized spacial score (nSPS) is 10.8. The molecule has 0 aliphatic rings. The average molecular weight is 433 g/mol. The molecule has 3 aromatic rings. The molecule has 0 heterocycles. The Kier molecular flexibility index (Phi) is 6.22. The fourth-order valence-electron chi connectivity index (χ4n) is 2.67. The first-order valence-corrected chi connectivity index (χ1v) is 9.18. The molecule has 28 heavy (non-hydrogen) atoms. The Bertz CT molecular complexity index is 1130. The van der Waals surface area contributed by atoms with Gasteiger partial charge in [0, 0.05) is 15.6 Å². The molecule has 0 atom stereocenters. The summed E-state index contributed by atoms with van der Waals surface area (Å²) >= 11 is 3.42. The number of rotatable bonds is 5. The summed E-state index contributed by atoms with van der Waals surface area (Å²) in [6.07, 6.45) is 1.66. The Morgan fingerprint density at radius 2 is 1.86 bits per heavy atom. The van der Waals surface area contributed by atoms with Crippen LogP contribution in [0, 0.1) is 28.5 Å². The molecule has 0 aromatic heterocycles. The van der Waals surface area contributed by atoms with E-state index in [-0.39, 0.29) is 6.61 Å². The summed E-state index contributed by atoms with van der Waals surface area (Å²) in [5.74, 6) is 0.151. The van der Waals surface area contributed by atoms with Crippen molar-refractivity contribution in [2.24, 2.45) is 0 Å². The smallest absolute Gasteiger partial charge is 0.127 e. The second-order valence-corrected chi connectivity index (χ2v) is 6.84. The maximum Gasteiger partial charge on any atom is 0.127 e. The van der Waals surface area contributed by atoms with Gasteiger partial charge in [-0.2, -0.15) is 10.5 Å². The highest BCUT2D eigenvalue weighted by atomic mass is 79.9. The van der Waals surface area contributed by atoms with Gasteiger partial charge >= 0.3 is 0 Å². The number of ether oxygens (including phenoxy) is 1. The van der Waals surface area contributed by atoms with E-state index in [9.17, 15) is 14.9 Å². The van der Waals surface area contributed by atoms with Crippen LogP contribution < -0.4 is 4.74 Å². The number of hydrogen-bond donors (Lipinski definition) is 0. The van der Waals surface area contributed by atoms with Crippen LogP contribution in [0.1, 0.15) is 22.3 Å². The number of hydrogen-bond acceptors (Lipinski definition) is 3.